The summed E-state index contributed by atoms with van der Waals surface area (Å²) in [7, 11) is 0. The summed E-state index contributed by atoms with van der Waals surface area (Å²) in [5.74, 6) is 2.26. The first-order valence-electron chi connectivity index (χ1n) is 10.5. The molecule has 0 aliphatic heterocycles. The van der Waals surface area contributed by atoms with Crippen molar-refractivity contribution in [1.29, 1.82) is 0 Å². The highest BCUT2D eigenvalue weighted by Gasteiger charge is 2.57. The summed E-state index contributed by atoms with van der Waals surface area (Å²) in [6, 6.07) is 11.7. The SMILES string of the molecule is O=C1Cc2cc3cccc4c3cc2CC1C12CCC(C1)C1=C2CCC4C1. The molecule has 6 aliphatic rings. The normalized spacial score (nSPS) is 36.5. The summed E-state index contributed by atoms with van der Waals surface area (Å²) in [4.78, 5) is 13.3. The third kappa shape index (κ3) is 1.54. The first-order chi connectivity index (χ1) is 12.7. The Hall–Kier alpha value is -1.89. The minimum Gasteiger partial charge on any atom is -0.299 e. The van der Waals surface area contributed by atoms with E-state index in [1.165, 1.54) is 60.4 Å². The number of fused-ring (bicyclic) bond motifs is 2. The summed E-state index contributed by atoms with van der Waals surface area (Å²) in [6.45, 7) is 0. The quantitative estimate of drug-likeness (QED) is 0.579. The molecule has 8 rings (SSSR count). The predicted molar refractivity (Wildman–Crippen MR) is 103 cm³/mol. The highest BCUT2D eigenvalue weighted by Crippen LogP contribution is 2.66. The second kappa shape index (κ2) is 4.50. The van der Waals surface area contributed by atoms with Crippen molar-refractivity contribution >= 4 is 16.6 Å². The Balaban J connectivity index is 1.58. The molecule has 130 valence electrons. The van der Waals surface area contributed by atoms with Gasteiger partial charge in [0.25, 0.3) is 0 Å². The molecule has 0 aromatic heterocycles. The van der Waals surface area contributed by atoms with Crippen LogP contribution in [0.5, 0.6) is 0 Å². The van der Waals surface area contributed by atoms with Crippen LogP contribution in [-0.2, 0) is 17.6 Å². The van der Waals surface area contributed by atoms with E-state index in [1.54, 1.807) is 16.7 Å². The molecular weight excluding hydrogens is 316 g/mol. The summed E-state index contributed by atoms with van der Waals surface area (Å²) in [5, 5.41) is 2.81. The van der Waals surface area contributed by atoms with E-state index in [2.05, 4.69) is 30.3 Å². The molecule has 0 heterocycles. The lowest BCUT2D eigenvalue weighted by atomic mass is 9.61. The van der Waals surface area contributed by atoms with Crippen molar-refractivity contribution in [2.75, 3.05) is 0 Å². The Bertz CT molecular complexity index is 1040. The zero-order chi connectivity index (χ0) is 17.0. The molecule has 4 atom stereocenters. The van der Waals surface area contributed by atoms with Crippen molar-refractivity contribution < 1.29 is 4.79 Å². The van der Waals surface area contributed by atoms with E-state index in [1.807, 2.05) is 0 Å². The second-order valence-electron chi connectivity index (χ2n) is 9.63. The number of rotatable bonds is 0. The van der Waals surface area contributed by atoms with E-state index >= 15 is 0 Å². The maximum absolute atomic E-state index is 13.3. The fraction of sp³-hybridized carbons (Fsp3) is 0.480. The number of ketones is 1. The Labute approximate surface area is 154 Å². The Morgan fingerprint density at radius 2 is 1.96 bits per heavy atom. The van der Waals surface area contributed by atoms with Gasteiger partial charge in [-0.3, -0.25) is 4.79 Å². The monoisotopic (exact) mass is 340 g/mol. The zero-order valence-corrected chi connectivity index (χ0v) is 15.2. The Kier molecular flexibility index (Phi) is 2.46. The number of carbonyl (C=O) groups is 1. The standard InChI is InChI=1S/C25H24O/c26-24-12-17-8-14-2-1-3-19-15-4-5-22-21(9-15)16-6-7-25(22,13-16)23(24)11-18(17)10-20(14)19/h1-3,8,10,15-16,23H,4-7,9,11-13H2. The molecule has 4 unspecified atom stereocenters. The minimum atomic E-state index is 0.241. The van der Waals surface area contributed by atoms with Crippen LogP contribution in [0.15, 0.2) is 41.5 Å². The third-order valence-electron chi connectivity index (χ3n) is 8.76. The molecule has 2 aromatic carbocycles. The predicted octanol–water partition coefficient (Wildman–Crippen LogP) is 5.50. The number of carbonyl (C=O) groups excluding carboxylic acids is 1. The molecule has 1 fully saturated rings. The molecule has 1 nitrogen and oxygen atoms in total. The Morgan fingerprint density at radius 3 is 2.92 bits per heavy atom. The number of hydrogen-bond donors (Lipinski definition) is 0. The van der Waals surface area contributed by atoms with E-state index in [9.17, 15) is 4.79 Å². The lowest BCUT2D eigenvalue weighted by Crippen LogP contribution is -2.40. The van der Waals surface area contributed by atoms with Gasteiger partial charge in [0.05, 0.1) is 0 Å². The van der Waals surface area contributed by atoms with Gasteiger partial charge in [0.1, 0.15) is 5.78 Å². The highest BCUT2D eigenvalue weighted by molar-refractivity contribution is 5.93. The highest BCUT2D eigenvalue weighted by atomic mass is 16.1. The molecule has 0 saturated heterocycles. The van der Waals surface area contributed by atoms with Gasteiger partial charge < -0.3 is 0 Å². The topological polar surface area (TPSA) is 17.1 Å². The first-order valence-corrected chi connectivity index (χ1v) is 10.5. The first kappa shape index (κ1) is 14.2. The van der Waals surface area contributed by atoms with E-state index in [4.69, 9.17) is 0 Å². The van der Waals surface area contributed by atoms with E-state index in [-0.39, 0.29) is 11.3 Å². The van der Waals surface area contributed by atoms with Gasteiger partial charge in [-0.2, -0.15) is 0 Å². The van der Waals surface area contributed by atoms with Gasteiger partial charge in [0.15, 0.2) is 0 Å². The Morgan fingerprint density at radius 1 is 1.00 bits per heavy atom. The molecule has 1 heteroatoms. The molecule has 0 amide bonds. The van der Waals surface area contributed by atoms with Gasteiger partial charge in [-0.15, -0.1) is 0 Å². The van der Waals surface area contributed by atoms with Crippen molar-refractivity contribution in [2.24, 2.45) is 17.3 Å². The summed E-state index contributed by atoms with van der Waals surface area (Å²) in [6.07, 6.45) is 9.36. The van der Waals surface area contributed by atoms with E-state index in [0.717, 1.165) is 12.3 Å². The van der Waals surface area contributed by atoms with Crippen LogP contribution < -0.4 is 0 Å². The van der Waals surface area contributed by atoms with E-state index < -0.39 is 0 Å². The zero-order valence-electron chi connectivity index (χ0n) is 15.2. The lowest BCUT2D eigenvalue weighted by Gasteiger charge is -2.42. The van der Waals surface area contributed by atoms with Crippen molar-refractivity contribution in [3.05, 3.63) is 58.2 Å². The summed E-state index contributed by atoms with van der Waals surface area (Å²) >= 11 is 0. The van der Waals surface area contributed by atoms with Crippen LogP contribution in [0.25, 0.3) is 10.8 Å². The molecule has 1 saturated carbocycles. The van der Waals surface area contributed by atoms with Gasteiger partial charge in [-0.05, 0) is 84.2 Å². The maximum atomic E-state index is 13.3. The van der Waals surface area contributed by atoms with Crippen LogP contribution in [0.4, 0.5) is 0 Å². The summed E-state index contributed by atoms with van der Waals surface area (Å²) < 4.78 is 0. The smallest absolute Gasteiger partial charge is 0.141 e. The van der Waals surface area contributed by atoms with Gasteiger partial charge in [-0.1, -0.05) is 41.5 Å². The van der Waals surface area contributed by atoms with Crippen LogP contribution in [-0.4, -0.2) is 5.78 Å². The molecule has 0 radical (unpaired) electrons. The minimum absolute atomic E-state index is 0.241. The molecule has 2 aromatic rings. The van der Waals surface area contributed by atoms with Gasteiger partial charge in [-0.25, -0.2) is 0 Å². The number of hydrogen-bond acceptors (Lipinski definition) is 1. The second-order valence-corrected chi connectivity index (χ2v) is 9.63. The average molecular weight is 340 g/mol. The number of benzene rings is 2. The van der Waals surface area contributed by atoms with Crippen molar-refractivity contribution in [3.63, 3.8) is 0 Å². The van der Waals surface area contributed by atoms with Crippen LogP contribution in [0, 0.1) is 17.3 Å². The fourth-order valence-corrected chi connectivity index (χ4v) is 7.69. The van der Waals surface area contributed by atoms with Crippen molar-refractivity contribution in [2.45, 2.75) is 57.3 Å². The average Bonchev–Trinajstić information content (AvgIpc) is 3.22. The van der Waals surface area contributed by atoms with Crippen molar-refractivity contribution in [3.8, 4) is 0 Å². The molecule has 1 spiro atoms. The van der Waals surface area contributed by atoms with Crippen LogP contribution in [0.3, 0.4) is 0 Å². The van der Waals surface area contributed by atoms with Crippen LogP contribution >= 0.6 is 0 Å². The molecule has 0 N–H and O–H groups in total. The van der Waals surface area contributed by atoms with Gasteiger partial charge >= 0.3 is 0 Å². The fourth-order valence-electron chi connectivity index (χ4n) is 7.69. The number of Topliss-reactive ketones (excluding diaryl/α,β-unsaturated/α-hetero) is 1. The van der Waals surface area contributed by atoms with E-state index in [0.29, 0.717) is 18.1 Å². The van der Waals surface area contributed by atoms with Crippen molar-refractivity contribution in [1.82, 2.24) is 0 Å². The van der Waals surface area contributed by atoms with Crippen LogP contribution in [0.2, 0.25) is 0 Å². The maximum Gasteiger partial charge on any atom is 0.141 e. The van der Waals surface area contributed by atoms with Gasteiger partial charge in [0, 0.05) is 17.8 Å². The third-order valence-corrected chi connectivity index (χ3v) is 8.76. The van der Waals surface area contributed by atoms with Crippen LogP contribution in [0.1, 0.15) is 61.1 Å². The lowest BCUT2D eigenvalue weighted by molar-refractivity contribution is -0.126. The number of allylic oxidation sites excluding steroid dienone is 2. The molecular formula is C25H24O. The van der Waals surface area contributed by atoms with Gasteiger partial charge in [0.2, 0.25) is 0 Å². The largest absolute Gasteiger partial charge is 0.299 e. The summed E-state index contributed by atoms with van der Waals surface area (Å²) in [5.41, 5.74) is 8.14. The molecule has 8 bridgehead atoms. The molecule has 6 aliphatic carbocycles. The molecule has 26 heavy (non-hydrogen) atoms.